The molecule has 1 atom stereocenters. The van der Waals surface area contributed by atoms with E-state index in [4.69, 9.17) is 4.42 Å². The Kier molecular flexibility index (Phi) is 4.57. The molecule has 3 heterocycles. The summed E-state index contributed by atoms with van der Waals surface area (Å²) in [5, 5.41) is 5.96. The Morgan fingerprint density at radius 2 is 2.43 bits per heavy atom. The molecule has 3 rings (SSSR count). The number of rotatable bonds is 5. The lowest BCUT2D eigenvalue weighted by Gasteiger charge is -2.14. The van der Waals surface area contributed by atoms with Crippen molar-refractivity contribution in [1.82, 2.24) is 10.3 Å². The summed E-state index contributed by atoms with van der Waals surface area (Å²) in [6.45, 7) is 2.77. The van der Waals surface area contributed by atoms with Gasteiger partial charge in [-0.05, 0) is 36.1 Å². The van der Waals surface area contributed by atoms with Crippen LogP contribution >= 0.6 is 11.3 Å². The van der Waals surface area contributed by atoms with Crippen LogP contribution in [0.1, 0.15) is 22.6 Å². The van der Waals surface area contributed by atoms with Crippen LogP contribution in [0.2, 0.25) is 0 Å². The van der Waals surface area contributed by atoms with Crippen LogP contribution in [0.25, 0.3) is 0 Å². The zero-order valence-corrected chi connectivity index (χ0v) is 13.5. The van der Waals surface area contributed by atoms with E-state index in [9.17, 15) is 9.59 Å². The first kappa shape index (κ1) is 15.5. The molecule has 120 valence electrons. The number of carbonyl (C=O) groups excluding carboxylic acids is 2. The van der Waals surface area contributed by atoms with Gasteiger partial charge in [0, 0.05) is 17.8 Å². The largest absolute Gasteiger partial charge is 0.467 e. The predicted octanol–water partition coefficient (Wildman–Crippen LogP) is 2.15. The normalized spacial score (nSPS) is 18.0. The Bertz CT molecular complexity index is 721. The highest BCUT2D eigenvalue weighted by molar-refractivity contribution is 7.11. The molecule has 7 heteroatoms. The molecular weight excluding hydrogens is 314 g/mol. The number of hydrogen-bond acceptors (Lipinski definition) is 5. The minimum Gasteiger partial charge on any atom is -0.467 e. The standard InChI is InChI=1S/C16H17N3O3S/c1-11-4-6-23-14(11)8-17-18-16(21)12-7-15(20)19(9-12)10-13-3-2-5-22-13/h2-6,8,12H,7,9-10H2,1H3,(H,18,21)/b17-8+. The van der Waals surface area contributed by atoms with Crippen molar-refractivity contribution in [2.45, 2.75) is 19.9 Å². The molecule has 0 saturated carbocycles. The summed E-state index contributed by atoms with van der Waals surface area (Å²) >= 11 is 1.56. The van der Waals surface area contributed by atoms with E-state index in [0.717, 1.165) is 10.4 Å². The van der Waals surface area contributed by atoms with Gasteiger partial charge in [0.1, 0.15) is 5.76 Å². The highest BCUT2D eigenvalue weighted by Gasteiger charge is 2.34. The molecule has 1 unspecified atom stereocenters. The lowest BCUT2D eigenvalue weighted by molar-refractivity contribution is -0.129. The fraction of sp³-hybridized carbons (Fsp3) is 0.312. The molecule has 1 aliphatic rings. The second-order valence-corrected chi connectivity index (χ2v) is 6.40. The quantitative estimate of drug-likeness (QED) is 0.674. The average molecular weight is 331 g/mol. The van der Waals surface area contributed by atoms with Crippen molar-refractivity contribution in [3.63, 3.8) is 0 Å². The van der Waals surface area contributed by atoms with Crippen LogP contribution in [-0.2, 0) is 16.1 Å². The fourth-order valence-electron chi connectivity index (χ4n) is 2.45. The number of likely N-dealkylation sites (tertiary alicyclic amines) is 1. The van der Waals surface area contributed by atoms with Crippen LogP contribution < -0.4 is 5.43 Å². The van der Waals surface area contributed by atoms with E-state index >= 15 is 0 Å². The topological polar surface area (TPSA) is 74.9 Å². The Labute approximate surface area is 137 Å². The van der Waals surface area contributed by atoms with E-state index in [1.54, 1.807) is 34.8 Å². The third-order valence-electron chi connectivity index (χ3n) is 3.77. The van der Waals surface area contributed by atoms with Crippen molar-refractivity contribution in [2.24, 2.45) is 11.0 Å². The summed E-state index contributed by atoms with van der Waals surface area (Å²) in [5.41, 5.74) is 3.64. The maximum Gasteiger partial charge on any atom is 0.245 e. The van der Waals surface area contributed by atoms with E-state index in [0.29, 0.717) is 18.8 Å². The number of aryl methyl sites for hydroxylation is 1. The van der Waals surface area contributed by atoms with Crippen LogP contribution in [-0.4, -0.2) is 29.5 Å². The maximum atomic E-state index is 12.1. The number of carbonyl (C=O) groups is 2. The van der Waals surface area contributed by atoms with Gasteiger partial charge in [-0.15, -0.1) is 11.3 Å². The number of nitrogens with one attached hydrogen (secondary N) is 1. The number of hydrazone groups is 1. The fourth-order valence-corrected chi connectivity index (χ4v) is 3.24. The van der Waals surface area contributed by atoms with Crippen molar-refractivity contribution in [1.29, 1.82) is 0 Å². The summed E-state index contributed by atoms with van der Waals surface area (Å²) in [6, 6.07) is 5.59. The number of furan rings is 1. The maximum absolute atomic E-state index is 12.1. The summed E-state index contributed by atoms with van der Waals surface area (Å²) in [6.07, 6.45) is 3.41. The smallest absolute Gasteiger partial charge is 0.245 e. The SMILES string of the molecule is Cc1ccsc1/C=N/NC(=O)C1CC(=O)N(Cc2ccco2)C1. The van der Waals surface area contributed by atoms with E-state index in [-0.39, 0.29) is 24.2 Å². The molecule has 0 radical (unpaired) electrons. The first-order valence-corrected chi connectivity index (χ1v) is 8.18. The third kappa shape index (κ3) is 3.68. The molecule has 1 aliphatic heterocycles. The Hall–Kier alpha value is -2.41. The van der Waals surface area contributed by atoms with Crippen molar-refractivity contribution in [3.8, 4) is 0 Å². The van der Waals surface area contributed by atoms with E-state index < -0.39 is 0 Å². The summed E-state index contributed by atoms with van der Waals surface area (Å²) in [5.74, 6) is 0.0648. The van der Waals surface area contributed by atoms with Gasteiger partial charge in [0.25, 0.3) is 0 Å². The van der Waals surface area contributed by atoms with Gasteiger partial charge in [0.15, 0.2) is 0 Å². The molecule has 6 nitrogen and oxygen atoms in total. The van der Waals surface area contributed by atoms with Crippen LogP contribution in [0.5, 0.6) is 0 Å². The molecule has 0 spiro atoms. The average Bonchev–Trinajstić information content (AvgIpc) is 3.24. The van der Waals surface area contributed by atoms with Crippen LogP contribution in [0.15, 0.2) is 39.4 Å². The molecule has 23 heavy (non-hydrogen) atoms. The Morgan fingerprint density at radius 3 is 3.13 bits per heavy atom. The Morgan fingerprint density at radius 1 is 1.57 bits per heavy atom. The number of amides is 2. The highest BCUT2D eigenvalue weighted by atomic mass is 32.1. The molecule has 2 aromatic rings. The second kappa shape index (κ2) is 6.78. The number of nitrogens with zero attached hydrogens (tertiary/aromatic N) is 2. The third-order valence-corrected chi connectivity index (χ3v) is 4.72. The van der Waals surface area contributed by atoms with Gasteiger partial charge in [0.2, 0.25) is 11.8 Å². The van der Waals surface area contributed by atoms with Gasteiger partial charge in [-0.2, -0.15) is 5.10 Å². The number of thiophene rings is 1. The summed E-state index contributed by atoms with van der Waals surface area (Å²) in [4.78, 5) is 26.8. The van der Waals surface area contributed by atoms with Crippen LogP contribution in [0, 0.1) is 12.8 Å². The number of hydrogen-bond donors (Lipinski definition) is 1. The van der Waals surface area contributed by atoms with Gasteiger partial charge in [-0.25, -0.2) is 5.43 Å². The zero-order valence-electron chi connectivity index (χ0n) is 12.7. The van der Waals surface area contributed by atoms with Crippen molar-refractivity contribution >= 4 is 29.4 Å². The molecule has 0 aliphatic carbocycles. The van der Waals surface area contributed by atoms with Gasteiger partial charge >= 0.3 is 0 Å². The minimum absolute atomic E-state index is 0.0420. The molecule has 0 aromatic carbocycles. The van der Waals surface area contributed by atoms with Gasteiger partial charge in [-0.3, -0.25) is 9.59 Å². The highest BCUT2D eigenvalue weighted by Crippen LogP contribution is 2.20. The van der Waals surface area contributed by atoms with Crippen molar-refractivity contribution in [3.05, 3.63) is 46.0 Å². The molecule has 2 aromatic heterocycles. The second-order valence-electron chi connectivity index (χ2n) is 5.46. The van der Waals surface area contributed by atoms with Crippen molar-refractivity contribution in [2.75, 3.05) is 6.54 Å². The molecule has 1 fully saturated rings. The summed E-state index contributed by atoms with van der Waals surface area (Å²) in [7, 11) is 0. The van der Waals surface area contributed by atoms with Crippen molar-refractivity contribution < 1.29 is 14.0 Å². The van der Waals surface area contributed by atoms with Gasteiger partial charge in [0.05, 0.1) is 24.9 Å². The molecule has 2 amide bonds. The molecule has 1 saturated heterocycles. The molecule has 0 bridgehead atoms. The lowest BCUT2D eigenvalue weighted by atomic mass is 10.1. The van der Waals surface area contributed by atoms with E-state index in [1.165, 1.54) is 0 Å². The molecule has 1 N–H and O–H groups in total. The van der Waals surface area contributed by atoms with Crippen LogP contribution in [0.3, 0.4) is 0 Å². The first-order chi connectivity index (χ1) is 11.1. The van der Waals surface area contributed by atoms with Gasteiger partial charge in [-0.1, -0.05) is 0 Å². The predicted molar refractivity (Wildman–Crippen MR) is 87.0 cm³/mol. The van der Waals surface area contributed by atoms with Crippen LogP contribution in [0.4, 0.5) is 0 Å². The van der Waals surface area contributed by atoms with E-state index in [2.05, 4.69) is 10.5 Å². The zero-order chi connectivity index (χ0) is 16.2. The van der Waals surface area contributed by atoms with Gasteiger partial charge < -0.3 is 9.32 Å². The Balaban J connectivity index is 1.53. The lowest BCUT2D eigenvalue weighted by Crippen LogP contribution is -2.30. The monoisotopic (exact) mass is 331 g/mol. The minimum atomic E-state index is -0.376. The summed E-state index contributed by atoms with van der Waals surface area (Å²) < 4.78 is 5.24. The van der Waals surface area contributed by atoms with E-state index in [1.807, 2.05) is 24.4 Å². The molecular formula is C16H17N3O3S. The first-order valence-electron chi connectivity index (χ1n) is 7.30.